The molecule has 1 aromatic carbocycles. The third-order valence-corrected chi connectivity index (χ3v) is 2.27. The molecule has 0 aliphatic carbocycles. The van der Waals surface area contributed by atoms with Crippen molar-refractivity contribution in [2.24, 2.45) is 0 Å². The Bertz CT molecular complexity index is 648. The molecule has 0 saturated heterocycles. The zero-order valence-electron chi connectivity index (χ0n) is 7.98. The van der Waals surface area contributed by atoms with Gasteiger partial charge in [-0.1, -0.05) is 6.07 Å². The van der Waals surface area contributed by atoms with E-state index in [1.54, 1.807) is 6.07 Å². The lowest BCUT2D eigenvalue weighted by molar-refractivity contribution is 0.433. The van der Waals surface area contributed by atoms with Crippen LogP contribution in [0, 0.1) is 10.6 Å². The second-order valence-electron chi connectivity index (χ2n) is 3.11. The highest BCUT2D eigenvalue weighted by molar-refractivity contribution is 7.71. The fourth-order valence-electron chi connectivity index (χ4n) is 1.35. The Morgan fingerprint density at radius 3 is 2.75 bits per heavy atom. The number of halogens is 1. The molecule has 0 aliphatic rings. The molecule has 0 amide bonds. The van der Waals surface area contributed by atoms with Crippen LogP contribution in [0.5, 0.6) is 5.88 Å². The van der Waals surface area contributed by atoms with Gasteiger partial charge in [-0.2, -0.15) is 0 Å². The molecule has 0 saturated carbocycles. The molecule has 1 aromatic heterocycles. The molecule has 0 atom stereocenters. The first-order valence-electron chi connectivity index (χ1n) is 4.39. The number of benzene rings is 1. The van der Waals surface area contributed by atoms with Gasteiger partial charge in [0.1, 0.15) is 5.82 Å². The predicted octanol–water partition coefficient (Wildman–Crippen LogP) is 1.74. The summed E-state index contributed by atoms with van der Waals surface area (Å²) in [5.41, 5.74) is -0.158. The molecule has 82 valence electrons. The first-order chi connectivity index (χ1) is 7.58. The minimum atomic E-state index is -0.504. The maximum atomic E-state index is 13.0. The van der Waals surface area contributed by atoms with Crippen LogP contribution in [0.1, 0.15) is 0 Å². The maximum Gasteiger partial charge on any atom is 0.255 e. The topological polar surface area (TPSA) is 58.0 Å². The second kappa shape index (κ2) is 3.90. The van der Waals surface area contributed by atoms with Crippen molar-refractivity contribution in [2.75, 3.05) is 0 Å². The third kappa shape index (κ3) is 1.87. The number of hydrogen-bond donors (Lipinski definition) is 2. The average molecular weight is 238 g/mol. The van der Waals surface area contributed by atoms with Crippen LogP contribution in [0.2, 0.25) is 0 Å². The van der Waals surface area contributed by atoms with Crippen molar-refractivity contribution in [1.82, 2.24) is 9.55 Å². The van der Waals surface area contributed by atoms with E-state index in [4.69, 9.17) is 12.2 Å². The Morgan fingerprint density at radius 1 is 1.38 bits per heavy atom. The fourth-order valence-corrected chi connectivity index (χ4v) is 1.65. The number of rotatable bonds is 1. The van der Waals surface area contributed by atoms with Crippen LogP contribution < -0.4 is 5.56 Å². The summed E-state index contributed by atoms with van der Waals surface area (Å²) in [5.74, 6) is -0.788. The number of nitrogens with one attached hydrogen (secondary N) is 1. The third-order valence-electron chi connectivity index (χ3n) is 1.99. The molecule has 0 unspecified atom stereocenters. The summed E-state index contributed by atoms with van der Waals surface area (Å²) in [4.78, 5) is 13.3. The fraction of sp³-hybridized carbons (Fsp3) is 0. The number of aromatic nitrogens is 2. The van der Waals surface area contributed by atoms with Crippen molar-refractivity contribution < 1.29 is 9.50 Å². The molecule has 2 aromatic rings. The monoisotopic (exact) mass is 238 g/mol. The van der Waals surface area contributed by atoms with E-state index in [1.807, 2.05) is 0 Å². The lowest BCUT2D eigenvalue weighted by Gasteiger charge is -2.08. The lowest BCUT2D eigenvalue weighted by Crippen LogP contribution is -2.10. The van der Waals surface area contributed by atoms with E-state index in [0.29, 0.717) is 5.69 Å². The number of hydrogen-bond acceptors (Lipinski definition) is 3. The SMILES string of the molecule is O=c1cc(O)n(-c2cccc(F)c2)c(=S)[nH]1. The largest absolute Gasteiger partial charge is 0.494 e. The highest BCUT2D eigenvalue weighted by Gasteiger charge is 2.05. The molecule has 0 radical (unpaired) electrons. The molecule has 2 N–H and O–H groups in total. The zero-order chi connectivity index (χ0) is 11.7. The Balaban J connectivity index is 2.74. The summed E-state index contributed by atoms with van der Waals surface area (Å²) < 4.78 is 14.2. The molecular formula is C10H7FN2O2S. The number of aromatic hydroxyl groups is 1. The Morgan fingerprint density at radius 2 is 2.12 bits per heavy atom. The van der Waals surface area contributed by atoms with Gasteiger partial charge in [-0.3, -0.25) is 14.3 Å². The maximum absolute atomic E-state index is 13.0. The number of aromatic amines is 1. The van der Waals surface area contributed by atoms with Gasteiger partial charge in [0.25, 0.3) is 5.56 Å². The average Bonchev–Trinajstić information content (AvgIpc) is 2.15. The van der Waals surface area contributed by atoms with E-state index < -0.39 is 11.4 Å². The van der Waals surface area contributed by atoms with Crippen molar-refractivity contribution in [3.05, 3.63) is 51.3 Å². The van der Waals surface area contributed by atoms with Gasteiger partial charge < -0.3 is 5.11 Å². The molecule has 16 heavy (non-hydrogen) atoms. The minimum absolute atomic E-state index is 0.00981. The smallest absolute Gasteiger partial charge is 0.255 e. The van der Waals surface area contributed by atoms with E-state index in [-0.39, 0.29) is 10.7 Å². The van der Waals surface area contributed by atoms with Gasteiger partial charge in [-0.25, -0.2) is 4.39 Å². The van der Waals surface area contributed by atoms with Gasteiger partial charge in [-0.05, 0) is 30.4 Å². The molecule has 4 nitrogen and oxygen atoms in total. The van der Waals surface area contributed by atoms with Crippen molar-refractivity contribution in [1.29, 1.82) is 0 Å². The van der Waals surface area contributed by atoms with E-state index in [0.717, 1.165) is 6.07 Å². The van der Waals surface area contributed by atoms with Crippen LogP contribution in [0.3, 0.4) is 0 Å². The first-order valence-corrected chi connectivity index (χ1v) is 4.80. The molecule has 1 heterocycles. The standard InChI is InChI=1S/C10H7FN2O2S/c11-6-2-1-3-7(4-6)13-9(15)5-8(14)12-10(13)16/h1-5,15H,(H,12,14,16). The zero-order valence-corrected chi connectivity index (χ0v) is 8.79. The molecule has 0 aliphatic heterocycles. The molecular weight excluding hydrogens is 231 g/mol. The summed E-state index contributed by atoms with van der Waals surface area (Å²) in [5, 5.41) is 9.57. The summed E-state index contributed by atoms with van der Waals surface area (Å²) in [7, 11) is 0. The van der Waals surface area contributed by atoms with Crippen LogP contribution in [0.25, 0.3) is 5.69 Å². The minimum Gasteiger partial charge on any atom is -0.494 e. The van der Waals surface area contributed by atoms with Crippen LogP contribution >= 0.6 is 12.2 Å². The summed E-state index contributed by atoms with van der Waals surface area (Å²) in [6.07, 6.45) is 0. The second-order valence-corrected chi connectivity index (χ2v) is 3.50. The number of H-pyrrole nitrogens is 1. The Hall–Kier alpha value is -1.95. The molecule has 0 spiro atoms. The van der Waals surface area contributed by atoms with Crippen LogP contribution in [0.4, 0.5) is 4.39 Å². The summed E-state index contributed by atoms with van der Waals surface area (Å²) in [6, 6.07) is 6.50. The number of nitrogens with zero attached hydrogens (tertiary/aromatic N) is 1. The quantitative estimate of drug-likeness (QED) is 0.744. The van der Waals surface area contributed by atoms with Gasteiger partial charge >= 0.3 is 0 Å². The van der Waals surface area contributed by atoms with Gasteiger partial charge in [0, 0.05) is 0 Å². The molecule has 0 bridgehead atoms. The lowest BCUT2D eigenvalue weighted by atomic mass is 10.3. The van der Waals surface area contributed by atoms with Gasteiger partial charge in [0.05, 0.1) is 11.8 Å². The van der Waals surface area contributed by atoms with Crippen molar-refractivity contribution in [3.63, 3.8) is 0 Å². The normalized spacial score (nSPS) is 10.3. The first kappa shape index (κ1) is 10.6. The van der Waals surface area contributed by atoms with Crippen LogP contribution in [0.15, 0.2) is 35.1 Å². The Labute approximate surface area is 94.6 Å². The van der Waals surface area contributed by atoms with Gasteiger partial charge in [0.2, 0.25) is 5.88 Å². The highest BCUT2D eigenvalue weighted by Crippen LogP contribution is 2.15. The van der Waals surface area contributed by atoms with E-state index in [1.165, 1.54) is 22.8 Å². The summed E-state index contributed by atoms with van der Waals surface area (Å²) >= 11 is 4.88. The van der Waals surface area contributed by atoms with Crippen molar-refractivity contribution in [3.8, 4) is 11.6 Å². The van der Waals surface area contributed by atoms with Gasteiger partial charge in [0.15, 0.2) is 4.77 Å². The predicted molar refractivity (Wildman–Crippen MR) is 58.8 cm³/mol. The molecule has 0 fully saturated rings. The highest BCUT2D eigenvalue weighted by atomic mass is 32.1. The van der Waals surface area contributed by atoms with Gasteiger partial charge in [-0.15, -0.1) is 0 Å². The summed E-state index contributed by atoms with van der Waals surface area (Å²) in [6.45, 7) is 0. The van der Waals surface area contributed by atoms with E-state index in [2.05, 4.69) is 4.98 Å². The Kier molecular flexibility index (Phi) is 2.57. The van der Waals surface area contributed by atoms with Crippen LogP contribution in [-0.2, 0) is 0 Å². The molecule has 6 heteroatoms. The van der Waals surface area contributed by atoms with E-state index in [9.17, 15) is 14.3 Å². The van der Waals surface area contributed by atoms with Crippen molar-refractivity contribution >= 4 is 12.2 Å². The van der Waals surface area contributed by atoms with Crippen LogP contribution in [-0.4, -0.2) is 14.7 Å². The van der Waals surface area contributed by atoms with E-state index >= 15 is 0 Å². The van der Waals surface area contributed by atoms with Crippen molar-refractivity contribution in [2.45, 2.75) is 0 Å². The molecule has 2 rings (SSSR count).